The Kier molecular flexibility index (Phi) is 4.44. The van der Waals surface area contributed by atoms with Gasteiger partial charge in [-0.2, -0.15) is 25.5 Å². The lowest BCUT2D eigenvalue weighted by Gasteiger charge is -2.42. The van der Waals surface area contributed by atoms with Gasteiger partial charge in [0.1, 0.15) is 5.69 Å². The SMILES string of the molecule is N#CCC1(n2ncc(-c3cc(C4CC(N)NN4)cc4ncccc34)n2)CC(C#N)C1. The molecule has 2 unspecified atom stereocenters. The van der Waals surface area contributed by atoms with Gasteiger partial charge in [0.05, 0.1) is 47.9 Å². The van der Waals surface area contributed by atoms with Crippen LogP contribution in [0.25, 0.3) is 22.2 Å². The maximum absolute atomic E-state index is 9.30. The van der Waals surface area contributed by atoms with Crippen molar-refractivity contribution in [3.05, 3.63) is 42.2 Å². The van der Waals surface area contributed by atoms with E-state index in [1.807, 2.05) is 12.1 Å². The molecule has 3 heterocycles. The minimum Gasteiger partial charge on any atom is -0.315 e. The molecule has 2 atom stereocenters. The summed E-state index contributed by atoms with van der Waals surface area (Å²) in [7, 11) is 0. The highest BCUT2D eigenvalue weighted by molar-refractivity contribution is 5.94. The summed E-state index contributed by atoms with van der Waals surface area (Å²) < 4.78 is 0. The highest BCUT2D eigenvalue weighted by Crippen LogP contribution is 2.45. The van der Waals surface area contributed by atoms with Crippen LogP contribution in [0.15, 0.2) is 36.7 Å². The molecule has 1 saturated carbocycles. The molecule has 4 N–H and O–H groups in total. The van der Waals surface area contributed by atoms with Crippen LogP contribution in [0.5, 0.6) is 0 Å². The fourth-order valence-electron chi connectivity index (χ4n) is 4.51. The van der Waals surface area contributed by atoms with Crippen molar-refractivity contribution >= 4 is 10.9 Å². The number of hydrogen-bond donors (Lipinski definition) is 3. The van der Waals surface area contributed by atoms with E-state index in [9.17, 15) is 10.5 Å². The number of benzene rings is 1. The number of nitriles is 2. The van der Waals surface area contributed by atoms with Gasteiger partial charge in [-0.1, -0.05) is 6.07 Å². The molecule has 2 aromatic heterocycles. The highest BCUT2D eigenvalue weighted by Gasteiger charge is 2.48. The maximum atomic E-state index is 9.30. The number of rotatable bonds is 4. The predicted molar refractivity (Wildman–Crippen MR) is 109 cm³/mol. The molecule has 0 amide bonds. The average molecular weight is 399 g/mol. The van der Waals surface area contributed by atoms with E-state index in [0.29, 0.717) is 12.8 Å². The molecule has 0 radical (unpaired) electrons. The fraction of sp³-hybridized carbons (Fsp3) is 0.381. The van der Waals surface area contributed by atoms with Gasteiger partial charge >= 0.3 is 0 Å². The average Bonchev–Trinajstić information content (AvgIpc) is 3.39. The first kappa shape index (κ1) is 18.6. The molecule has 1 aliphatic heterocycles. The van der Waals surface area contributed by atoms with Gasteiger partial charge in [0.2, 0.25) is 0 Å². The molecule has 2 fully saturated rings. The summed E-state index contributed by atoms with van der Waals surface area (Å²) >= 11 is 0. The zero-order valence-corrected chi connectivity index (χ0v) is 16.3. The van der Waals surface area contributed by atoms with E-state index in [1.54, 1.807) is 17.2 Å². The monoisotopic (exact) mass is 399 g/mol. The zero-order valence-electron chi connectivity index (χ0n) is 16.3. The summed E-state index contributed by atoms with van der Waals surface area (Å²) in [5, 5.41) is 28.7. The van der Waals surface area contributed by atoms with Crippen molar-refractivity contribution in [2.45, 2.75) is 43.4 Å². The van der Waals surface area contributed by atoms with Crippen LogP contribution < -0.4 is 16.6 Å². The van der Waals surface area contributed by atoms with E-state index in [2.05, 4.69) is 45.2 Å². The lowest BCUT2D eigenvalue weighted by atomic mass is 9.68. The van der Waals surface area contributed by atoms with Crippen molar-refractivity contribution < 1.29 is 0 Å². The van der Waals surface area contributed by atoms with Gasteiger partial charge in [0, 0.05) is 23.2 Å². The van der Waals surface area contributed by atoms with E-state index in [0.717, 1.165) is 34.1 Å². The molecule has 2 aliphatic rings. The zero-order chi connectivity index (χ0) is 20.7. The first-order valence-corrected chi connectivity index (χ1v) is 9.97. The van der Waals surface area contributed by atoms with E-state index in [-0.39, 0.29) is 24.5 Å². The summed E-state index contributed by atoms with van der Waals surface area (Å²) in [6, 6.07) is 12.7. The number of hydrogen-bond acceptors (Lipinski definition) is 8. The van der Waals surface area contributed by atoms with Gasteiger partial charge in [-0.25, -0.2) is 10.9 Å². The summed E-state index contributed by atoms with van der Waals surface area (Å²) in [4.78, 5) is 6.18. The van der Waals surface area contributed by atoms with Crippen molar-refractivity contribution in [3.63, 3.8) is 0 Å². The number of fused-ring (bicyclic) bond motifs is 1. The molecule has 9 heteroatoms. The fourth-order valence-corrected chi connectivity index (χ4v) is 4.51. The lowest BCUT2D eigenvalue weighted by molar-refractivity contribution is 0.0713. The molecule has 1 saturated heterocycles. The minimum atomic E-state index is -0.497. The Hall–Kier alpha value is -3.37. The molecule has 0 bridgehead atoms. The summed E-state index contributed by atoms with van der Waals surface area (Å²) in [5.41, 5.74) is 15.4. The molecule has 1 aromatic carbocycles. The molecule has 5 rings (SSSR count). The minimum absolute atomic E-state index is 0.0497. The third-order valence-electron chi connectivity index (χ3n) is 6.11. The Morgan fingerprint density at radius 3 is 2.87 bits per heavy atom. The van der Waals surface area contributed by atoms with Crippen LogP contribution in [-0.2, 0) is 5.54 Å². The number of pyridine rings is 1. The topological polar surface area (TPSA) is 141 Å². The van der Waals surface area contributed by atoms with Gasteiger partial charge in [-0.15, -0.1) is 0 Å². The second-order valence-electron chi connectivity index (χ2n) is 8.13. The van der Waals surface area contributed by atoms with E-state index in [1.165, 1.54) is 0 Å². The standard InChI is InChI=1S/C21H21N9/c22-4-3-21(9-13(10-21)11-23)30-26-12-19(29-30)16-6-14(17-8-20(24)28-27-17)7-18-15(16)2-1-5-25-18/h1-2,5-7,12-13,17,20,27-28H,3,8-10,24H2. The van der Waals surface area contributed by atoms with E-state index >= 15 is 0 Å². The van der Waals surface area contributed by atoms with Crippen LogP contribution in [0, 0.1) is 28.6 Å². The predicted octanol–water partition coefficient (Wildman–Crippen LogP) is 1.86. The van der Waals surface area contributed by atoms with Crippen molar-refractivity contribution in [2.75, 3.05) is 0 Å². The first-order chi connectivity index (χ1) is 14.6. The van der Waals surface area contributed by atoms with Crippen molar-refractivity contribution in [1.82, 2.24) is 30.8 Å². The number of aromatic nitrogens is 4. The van der Waals surface area contributed by atoms with Gasteiger partial charge in [-0.3, -0.25) is 4.98 Å². The second kappa shape index (κ2) is 7.15. The Morgan fingerprint density at radius 2 is 2.13 bits per heavy atom. The molecular formula is C21H21N9. The van der Waals surface area contributed by atoms with Crippen LogP contribution in [-0.4, -0.2) is 26.1 Å². The summed E-state index contributed by atoms with van der Waals surface area (Å²) in [6.45, 7) is 0. The Balaban J connectivity index is 1.57. The van der Waals surface area contributed by atoms with Crippen molar-refractivity contribution in [1.29, 1.82) is 10.5 Å². The van der Waals surface area contributed by atoms with Crippen LogP contribution in [0.3, 0.4) is 0 Å². The van der Waals surface area contributed by atoms with E-state index < -0.39 is 5.54 Å². The van der Waals surface area contributed by atoms with Gasteiger partial charge in [0.15, 0.2) is 0 Å². The summed E-state index contributed by atoms with van der Waals surface area (Å²) in [6.07, 6.45) is 5.67. The molecule has 1 aliphatic carbocycles. The number of nitrogens with two attached hydrogens (primary N) is 1. The van der Waals surface area contributed by atoms with Crippen LogP contribution in [0.2, 0.25) is 0 Å². The Labute approximate surface area is 173 Å². The largest absolute Gasteiger partial charge is 0.315 e. The normalized spacial score (nSPS) is 28.0. The van der Waals surface area contributed by atoms with Crippen LogP contribution >= 0.6 is 0 Å². The smallest absolute Gasteiger partial charge is 0.113 e. The Bertz CT molecular complexity index is 1180. The van der Waals surface area contributed by atoms with Gasteiger partial charge in [0.25, 0.3) is 0 Å². The Morgan fingerprint density at radius 1 is 1.27 bits per heavy atom. The van der Waals surface area contributed by atoms with Crippen LogP contribution in [0.1, 0.15) is 37.3 Å². The third kappa shape index (κ3) is 3.01. The van der Waals surface area contributed by atoms with Crippen molar-refractivity contribution in [2.24, 2.45) is 11.7 Å². The molecular weight excluding hydrogens is 378 g/mol. The van der Waals surface area contributed by atoms with Gasteiger partial charge in [-0.05, 0) is 43.0 Å². The molecule has 150 valence electrons. The molecule has 3 aromatic rings. The third-order valence-corrected chi connectivity index (χ3v) is 6.11. The first-order valence-electron chi connectivity index (χ1n) is 9.97. The van der Waals surface area contributed by atoms with Gasteiger partial charge < -0.3 is 5.73 Å². The number of nitrogens with one attached hydrogen (secondary N) is 2. The number of hydrazine groups is 1. The van der Waals surface area contributed by atoms with Crippen LogP contribution in [0.4, 0.5) is 0 Å². The lowest BCUT2D eigenvalue weighted by Crippen LogP contribution is -2.47. The summed E-state index contributed by atoms with van der Waals surface area (Å²) in [5.74, 6) is -0.0497. The van der Waals surface area contributed by atoms with Crippen molar-refractivity contribution in [3.8, 4) is 23.4 Å². The second-order valence-corrected chi connectivity index (χ2v) is 8.13. The molecule has 0 spiro atoms. The quantitative estimate of drug-likeness (QED) is 0.603. The molecule has 9 nitrogen and oxygen atoms in total. The number of nitrogens with zero attached hydrogens (tertiary/aromatic N) is 6. The van der Waals surface area contributed by atoms with E-state index in [4.69, 9.17) is 10.8 Å². The maximum Gasteiger partial charge on any atom is 0.113 e. The molecule has 30 heavy (non-hydrogen) atoms. The highest BCUT2D eigenvalue weighted by atomic mass is 15.5.